The molecule has 0 heterocycles. The summed E-state index contributed by atoms with van der Waals surface area (Å²) in [5, 5.41) is 3.33. The van der Waals surface area contributed by atoms with Crippen molar-refractivity contribution < 1.29 is 4.74 Å². The smallest absolute Gasteiger partial charge is 0.0587 e. The SMILES string of the molecule is COCCNCCC=Cc1cc(C)c(C)cc1C. The van der Waals surface area contributed by atoms with Crippen molar-refractivity contribution in [3.05, 3.63) is 40.5 Å². The molecule has 0 radical (unpaired) electrons. The lowest BCUT2D eigenvalue weighted by Crippen LogP contribution is -2.19. The molecule has 0 atom stereocenters. The number of methoxy groups -OCH3 is 1. The van der Waals surface area contributed by atoms with Gasteiger partial charge in [-0.25, -0.2) is 0 Å². The standard InChI is InChI=1S/C16H25NO/c1-13-11-15(3)16(12-14(13)2)7-5-6-8-17-9-10-18-4/h5,7,11-12,17H,6,8-10H2,1-4H3. The summed E-state index contributed by atoms with van der Waals surface area (Å²) in [5.74, 6) is 0. The summed E-state index contributed by atoms with van der Waals surface area (Å²) in [6.07, 6.45) is 5.51. The summed E-state index contributed by atoms with van der Waals surface area (Å²) in [6.45, 7) is 9.20. The number of ether oxygens (including phenoxy) is 1. The molecule has 0 fully saturated rings. The predicted octanol–water partition coefficient (Wildman–Crippen LogP) is 3.25. The Morgan fingerprint density at radius 1 is 1.06 bits per heavy atom. The van der Waals surface area contributed by atoms with Crippen LogP contribution in [0.2, 0.25) is 0 Å². The van der Waals surface area contributed by atoms with E-state index in [-0.39, 0.29) is 0 Å². The Morgan fingerprint density at radius 3 is 2.50 bits per heavy atom. The van der Waals surface area contributed by atoms with Gasteiger partial charge in [-0.3, -0.25) is 0 Å². The Kier molecular flexibility index (Phi) is 6.69. The zero-order chi connectivity index (χ0) is 13.4. The van der Waals surface area contributed by atoms with Crippen LogP contribution in [0.4, 0.5) is 0 Å². The van der Waals surface area contributed by atoms with E-state index in [0.717, 1.165) is 26.1 Å². The van der Waals surface area contributed by atoms with E-state index in [0.29, 0.717) is 0 Å². The minimum absolute atomic E-state index is 0.778. The minimum Gasteiger partial charge on any atom is -0.383 e. The summed E-state index contributed by atoms with van der Waals surface area (Å²) in [7, 11) is 1.73. The van der Waals surface area contributed by atoms with Crippen LogP contribution < -0.4 is 5.32 Å². The Hall–Kier alpha value is -1.12. The number of hydrogen-bond donors (Lipinski definition) is 1. The molecule has 0 amide bonds. The highest BCUT2D eigenvalue weighted by atomic mass is 16.5. The van der Waals surface area contributed by atoms with Crippen molar-refractivity contribution in [1.82, 2.24) is 5.32 Å². The molecule has 2 heteroatoms. The molecule has 0 unspecified atom stereocenters. The third-order valence-electron chi connectivity index (χ3n) is 3.15. The quantitative estimate of drug-likeness (QED) is 0.747. The second-order valence-electron chi connectivity index (χ2n) is 4.73. The second kappa shape index (κ2) is 8.06. The largest absolute Gasteiger partial charge is 0.383 e. The molecule has 0 saturated heterocycles. The van der Waals surface area contributed by atoms with Gasteiger partial charge in [0.2, 0.25) is 0 Å². The molecule has 0 aliphatic rings. The molecule has 1 N–H and O–H groups in total. The van der Waals surface area contributed by atoms with Crippen molar-refractivity contribution in [2.24, 2.45) is 0 Å². The van der Waals surface area contributed by atoms with E-state index in [1.54, 1.807) is 7.11 Å². The van der Waals surface area contributed by atoms with E-state index in [9.17, 15) is 0 Å². The van der Waals surface area contributed by atoms with Crippen LogP contribution in [0.3, 0.4) is 0 Å². The Morgan fingerprint density at radius 2 is 1.78 bits per heavy atom. The minimum atomic E-state index is 0.778. The van der Waals surface area contributed by atoms with Crippen molar-refractivity contribution in [3.63, 3.8) is 0 Å². The van der Waals surface area contributed by atoms with E-state index in [1.807, 2.05) is 0 Å². The lowest BCUT2D eigenvalue weighted by molar-refractivity contribution is 0.199. The maximum atomic E-state index is 4.98. The first kappa shape index (κ1) is 14.9. The highest BCUT2D eigenvalue weighted by Gasteiger charge is 1.98. The molecule has 0 spiro atoms. The monoisotopic (exact) mass is 247 g/mol. The predicted molar refractivity (Wildman–Crippen MR) is 79.0 cm³/mol. The second-order valence-corrected chi connectivity index (χ2v) is 4.73. The molecule has 1 rings (SSSR count). The van der Waals surface area contributed by atoms with Crippen molar-refractivity contribution in [1.29, 1.82) is 0 Å². The molecule has 0 bridgehead atoms. The fraction of sp³-hybridized carbons (Fsp3) is 0.500. The molecule has 100 valence electrons. The molecule has 1 aromatic carbocycles. The Balaban J connectivity index is 2.40. The summed E-state index contributed by atoms with van der Waals surface area (Å²) >= 11 is 0. The average molecular weight is 247 g/mol. The van der Waals surface area contributed by atoms with Crippen LogP contribution >= 0.6 is 0 Å². The summed E-state index contributed by atoms with van der Waals surface area (Å²) in [6, 6.07) is 4.52. The number of nitrogens with one attached hydrogen (secondary N) is 1. The van der Waals surface area contributed by atoms with Crippen LogP contribution in [-0.2, 0) is 4.74 Å². The molecular formula is C16H25NO. The maximum absolute atomic E-state index is 4.98. The van der Waals surface area contributed by atoms with Crippen molar-refractivity contribution in [2.75, 3.05) is 26.8 Å². The zero-order valence-corrected chi connectivity index (χ0v) is 12.0. The lowest BCUT2D eigenvalue weighted by atomic mass is 10.0. The normalized spacial score (nSPS) is 11.3. The summed E-state index contributed by atoms with van der Waals surface area (Å²) < 4.78 is 4.98. The topological polar surface area (TPSA) is 21.3 Å². The van der Waals surface area contributed by atoms with E-state index >= 15 is 0 Å². The van der Waals surface area contributed by atoms with Crippen LogP contribution in [-0.4, -0.2) is 26.8 Å². The van der Waals surface area contributed by atoms with Gasteiger partial charge < -0.3 is 10.1 Å². The van der Waals surface area contributed by atoms with Crippen molar-refractivity contribution in [3.8, 4) is 0 Å². The molecule has 0 aliphatic carbocycles. The Labute approximate surface area is 111 Å². The first-order valence-electron chi connectivity index (χ1n) is 6.59. The summed E-state index contributed by atoms with van der Waals surface area (Å²) in [4.78, 5) is 0. The van der Waals surface area contributed by atoms with Crippen LogP contribution in [0.25, 0.3) is 6.08 Å². The molecule has 2 nitrogen and oxygen atoms in total. The van der Waals surface area contributed by atoms with Crippen LogP contribution in [0, 0.1) is 20.8 Å². The molecule has 0 aliphatic heterocycles. The van der Waals surface area contributed by atoms with Crippen molar-refractivity contribution >= 4 is 6.08 Å². The van der Waals surface area contributed by atoms with Crippen molar-refractivity contribution in [2.45, 2.75) is 27.2 Å². The molecule has 0 aromatic heterocycles. The fourth-order valence-electron chi connectivity index (χ4n) is 1.86. The Bertz CT molecular complexity index is 396. The van der Waals surface area contributed by atoms with E-state index < -0.39 is 0 Å². The molecule has 18 heavy (non-hydrogen) atoms. The highest BCUT2D eigenvalue weighted by molar-refractivity contribution is 5.56. The van der Waals surface area contributed by atoms with Gasteiger partial charge in [-0.05, 0) is 56.0 Å². The maximum Gasteiger partial charge on any atom is 0.0587 e. The van der Waals surface area contributed by atoms with Crippen LogP contribution in [0.5, 0.6) is 0 Å². The van der Waals surface area contributed by atoms with Gasteiger partial charge in [-0.1, -0.05) is 24.3 Å². The van der Waals surface area contributed by atoms with Gasteiger partial charge in [-0.15, -0.1) is 0 Å². The van der Waals surface area contributed by atoms with E-state index in [4.69, 9.17) is 4.74 Å². The number of hydrogen-bond acceptors (Lipinski definition) is 2. The van der Waals surface area contributed by atoms with Gasteiger partial charge in [0.25, 0.3) is 0 Å². The molecule has 0 saturated carbocycles. The van der Waals surface area contributed by atoms with E-state index in [1.165, 1.54) is 22.3 Å². The first-order chi connectivity index (χ1) is 8.65. The summed E-state index contributed by atoms with van der Waals surface area (Å²) in [5.41, 5.74) is 5.40. The number of rotatable bonds is 7. The van der Waals surface area contributed by atoms with Crippen LogP contribution in [0.1, 0.15) is 28.7 Å². The number of aryl methyl sites for hydroxylation is 3. The van der Waals surface area contributed by atoms with Gasteiger partial charge in [-0.2, -0.15) is 0 Å². The van der Waals surface area contributed by atoms with Gasteiger partial charge in [0.05, 0.1) is 6.61 Å². The van der Waals surface area contributed by atoms with Gasteiger partial charge in [0.1, 0.15) is 0 Å². The van der Waals surface area contributed by atoms with Gasteiger partial charge >= 0.3 is 0 Å². The fourth-order valence-corrected chi connectivity index (χ4v) is 1.86. The first-order valence-corrected chi connectivity index (χ1v) is 6.59. The lowest BCUT2D eigenvalue weighted by Gasteiger charge is -2.06. The van der Waals surface area contributed by atoms with Gasteiger partial charge in [0.15, 0.2) is 0 Å². The zero-order valence-electron chi connectivity index (χ0n) is 12.0. The average Bonchev–Trinajstić information content (AvgIpc) is 2.34. The molecular weight excluding hydrogens is 222 g/mol. The third-order valence-corrected chi connectivity index (χ3v) is 3.15. The highest BCUT2D eigenvalue weighted by Crippen LogP contribution is 2.16. The number of benzene rings is 1. The molecule has 1 aromatic rings. The van der Waals surface area contributed by atoms with E-state index in [2.05, 4.69) is 50.4 Å². The van der Waals surface area contributed by atoms with Gasteiger partial charge in [0, 0.05) is 13.7 Å². The van der Waals surface area contributed by atoms with Crippen LogP contribution in [0.15, 0.2) is 18.2 Å². The third kappa shape index (κ3) is 5.03.